The van der Waals surface area contributed by atoms with E-state index >= 15 is 0 Å². The molecule has 0 unspecified atom stereocenters. The molecular formula is C86H136. The van der Waals surface area contributed by atoms with E-state index < -0.39 is 0 Å². The fraction of sp³-hybridized carbons (Fsp3) is 0.581. The minimum absolute atomic E-state index is 0.805. The van der Waals surface area contributed by atoms with Crippen molar-refractivity contribution in [3.8, 4) is 0 Å². The van der Waals surface area contributed by atoms with Crippen LogP contribution in [0.3, 0.4) is 0 Å². The van der Waals surface area contributed by atoms with Gasteiger partial charge < -0.3 is 0 Å². The summed E-state index contributed by atoms with van der Waals surface area (Å²) in [5, 5.41) is 0. The van der Waals surface area contributed by atoms with Gasteiger partial charge in [-0.2, -0.15) is 0 Å². The van der Waals surface area contributed by atoms with Crippen molar-refractivity contribution in [3.63, 3.8) is 0 Å². The van der Waals surface area contributed by atoms with Gasteiger partial charge in [0.1, 0.15) is 0 Å². The van der Waals surface area contributed by atoms with Gasteiger partial charge in [0.25, 0.3) is 0 Å². The third-order valence-corrected chi connectivity index (χ3v) is 16.0. The molecule has 0 saturated carbocycles. The quantitative estimate of drug-likeness (QED) is 0.0407. The summed E-state index contributed by atoms with van der Waals surface area (Å²) in [7, 11) is 0. The fourth-order valence-electron chi connectivity index (χ4n) is 10.3. The molecular weight excluding hydrogens is 1030 g/mol. The van der Waals surface area contributed by atoms with Gasteiger partial charge in [-0.1, -0.05) is 309 Å². The summed E-state index contributed by atoms with van der Waals surface area (Å²) in [5.41, 5.74) is 18.1. The Balaban J connectivity index is 0.000000517. The highest BCUT2D eigenvalue weighted by molar-refractivity contribution is 5.29. The summed E-state index contributed by atoms with van der Waals surface area (Å²) in [5.74, 6) is 5.65. The van der Waals surface area contributed by atoms with Crippen LogP contribution in [0.25, 0.3) is 0 Å². The number of hydrogen-bond acceptors (Lipinski definition) is 0. The molecule has 0 amide bonds. The molecule has 6 aromatic rings. The van der Waals surface area contributed by atoms with E-state index in [-0.39, 0.29) is 0 Å². The lowest BCUT2D eigenvalue weighted by Crippen LogP contribution is -1.97. The summed E-state index contributed by atoms with van der Waals surface area (Å²) in [6.07, 6.45) is 30.1. The predicted octanol–water partition coefficient (Wildman–Crippen LogP) is 26.0. The molecule has 0 atom stereocenters. The average Bonchev–Trinajstić information content (AvgIpc) is 3.71. The summed E-state index contributed by atoms with van der Waals surface area (Å²) < 4.78 is 0. The second-order valence-corrected chi connectivity index (χ2v) is 28.1. The highest BCUT2D eigenvalue weighted by Gasteiger charge is 2.06. The first-order valence-corrected chi connectivity index (χ1v) is 35.7. The van der Waals surface area contributed by atoms with Gasteiger partial charge in [0.15, 0.2) is 0 Å². The SMILES string of the molecule is CC(C)CCc1cccc(CCC(C)C)c1.CC(C)CCc1cccc(CCC(C)C)c1.CCCc1ccc(CCC(C)C)cc1.CCCc1ccc(CCC(C)C)cc1.CCCc1ccccc1CCC.CCCc1ccccc1CCC(C)C. The topological polar surface area (TPSA) is 0 Å². The maximum Gasteiger partial charge on any atom is -0.0274 e. The molecule has 480 valence electrons. The molecule has 6 aromatic carbocycles. The Morgan fingerprint density at radius 3 is 0.581 bits per heavy atom. The van der Waals surface area contributed by atoms with E-state index in [1.807, 2.05) is 0 Å². The van der Waals surface area contributed by atoms with Crippen LogP contribution in [0.2, 0.25) is 0 Å². The van der Waals surface area contributed by atoms with Gasteiger partial charge in [0, 0.05) is 0 Å². The van der Waals surface area contributed by atoms with E-state index in [0.29, 0.717) is 0 Å². The van der Waals surface area contributed by atoms with Crippen molar-refractivity contribution < 1.29 is 0 Å². The van der Waals surface area contributed by atoms with Crippen LogP contribution in [-0.2, 0) is 77.0 Å². The Kier molecular flexibility index (Phi) is 46.3. The Morgan fingerprint density at radius 1 is 0.186 bits per heavy atom. The second kappa shape index (κ2) is 50.2. The molecule has 0 aliphatic heterocycles. The van der Waals surface area contributed by atoms with Crippen LogP contribution < -0.4 is 0 Å². The van der Waals surface area contributed by atoms with Crippen LogP contribution in [0.4, 0.5) is 0 Å². The minimum atomic E-state index is 0.805. The molecule has 0 aliphatic carbocycles. The number of aryl methyl sites for hydroxylation is 12. The Labute approximate surface area is 536 Å². The Bertz CT molecular complexity index is 2270. The molecule has 6 rings (SSSR count). The van der Waals surface area contributed by atoms with Crippen LogP contribution in [-0.4, -0.2) is 0 Å². The van der Waals surface area contributed by atoms with Crippen molar-refractivity contribution in [2.24, 2.45) is 41.4 Å². The highest BCUT2D eigenvalue weighted by atomic mass is 14.1. The zero-order valence-electron chi connectivity index (χ0n) is 59.9. The van der Waals surface area contributed by atoms with E-state index in [0.717, 1.165) is 41.4 Å². The standard InChI is InChI=1S/2C16H26.3C14H22.C12H18/c2*1-13(2)8-10-15-6-5-7-16(12-15)11-9-14(3)4;1-4-7-13-8-5-6-9-14(13)11-10-12(2)3;2*1-4-5-13-8-10-14(11-9-13)7-6-12(2)3;1-3-7-11-9-5-6-10-12(11)8-4-2/h2*5-7,12-14H,8-11H2,1-4H3;5-6,8-9,12H,4,7,10-11H2,1-3H3;2*8-12H,4-7H2,1-3H3;5-6,9-10H,3-4,7-8H2,1-2H3. The molecule has 0 aromatic heterocycles. The molecule has 86 heavy (non-hydrogen) atoms. The predicted molar refractivity (Wildman–Crippen MR) is 391 cm³/mol. The molecule has 0 saturated heterocycles. The Hall–Kier alpha value is -4.68. The zero-order chi connectivity index (χ0) is 63.9. The summed E-state index contributed by atoms with van der Waals surface area (Å²) >= 11 is 0. The molecule has 0 nitrogen and oxygen atoms in total. The number of benzene rings is 6. The third-order valence-electron chi connectivity index (χ3n) is 16.0. The summed E-state index contributed by atoms with van der Waals surface area (Å²) in [4.78, 5) is 0. The van der Waals surface area contributed by atoms with Gasteiger partial charge in [-0.3, -0.25) is 0 Å². The van der Waals surface area contributed by atoms with Gasteiger partial charge in [-0.15, -0.1) is 0 Å². The molecule has 0 fully saturated rings. The average molecular weight is 1170 g/mol. The van der Waals surface area contributed by atoms with Crippen LogP contribution in [0.15, 0.2) is 146 Å². The third kappa shape index (κ3) is 42.2. The number of rotatable bonds is 31. The minimum Gasteiger partial charge on any atom is -0.0651 e. The van der Waals surface area contributed by atoms with E-state index in [1.54, 1.807) is 22.3 Å². The van der Waals surface area contributed by atoms with Gasteiger partial charge in [0.2, 0.25) is 0 Å². The maximum absolute atomic E-state index is 2.39. The van der Waals surface area contributed by atoms with Crippen LogP contribution >= 0.6 is 0 Å². The smallest absolute Gasteiger partial charge is 0.0274 e. The van der Waals surface area contributed by atoms with E-state index in [9.17, 15) is 0 Å². The first kappa shape index (κ1) is 79.3. The normalized spacial score (nSPS) is 11.0. The van der Waals surface area contributed by atoms with E-state index in [1.165, 1.54) is 199 Å². The van der Waals surface area contributed by atoms with Crippen molar-refractivity contribution >= 4 is 0 Å². The lowest BCUT2D eigenvalue weighted by molar-refractivity contribution is 0.581. The van der Waals surface area contributed by atoms with Crippen molar-refractivity contribution in [2.75, 3.05) is 0 Å². The van der Waals surface area contributed by atoms with Crippen molar-refractivity contribution in [3.05, 3.63) is 212 Å². The molecule has 0 spiro atoms. The summed E-state index contributed by atoms with van der Waals surface area (Å²) in [6, 6.07) is 54.2. The van der Waals surface area contributed by atoms with Crippen molar-refractivity contribution in [1.29, 1.82) is 0 Å². The lowest BCUT2D eigenvalue weighted by Gasteiger charge is -2.09. The fourth-order valence-corrected chi connectivity index (χ4v) is 10.3. The molecule has 0 N–H and O–H groups in total. The molecule has 0 aliphatic rings. The second-order valence-electron chi connectivity index (χ2n) is 28.1. The summed E-state index contributed by atoms with van der Waals surface area (Å²) in [6.45, 7) is 43.3. The largest absolute Gasteiger partial charge is 0.0651 e. The van der Waals surface area contributed by atoms with Gasteiger partial charge in [-0.25, -0.2) is 0 Å². The first-order chi connectivity index (χ1) is 41.2. The lowest BCUT2D eigenvalue weighted by atomic mass is 9.96. The van der Waals surface area contributed by atoms with E-state index in [2.05, 4.69) is 277 Å². The maximum atomic E-state index is 2.39. The zero-order valence-corrected chi connectivity index (χ0v) is 59.9. The van der Waals surface area contributed by atoms with Crippen LogP contribution in [0.1, 0.15) is 275 Å². The van der Waals surface area contributed by atoms with Crippen molar-refractivity contribution in [1.82, 2.24) is 0 Å². The van der Waals surface area contributed by atoms with Crippen LogP contribution in [0.5, 0.6) is 0 Å². The molecule has 0 heteroatoms. The number of hydrogen-bond donors (Lipinski definition) is 0. The van der Waals surface area contributed by atoms with Gasteiger partial charge in [-0.05, 0) is 230 Å². The first-order valence-electron chi connectivity index (χ1n) is 35.7. The molecule has 0 heterocycles. The van der Waals surface area contributed by atoms with Gasteiger partial charge >= 0.3 is 0 Å². The highest BCUT2D eigenvalue weighted by Crippen LogP contribution is 2.19. The van der Waals surface area contributed by atoms with Gasteiger partial charge in [0.05, 0.1) is 0 Å². The molecule has 0 radical (unpaired) electrons. The van der Waals surface area contributed by atoms with Crippen molar-refractivity contribution in [2.45, 2.75) is 286 Å². The monoisotopic (exact) mass is 1170 g/mol. The van der Waals surface area contributed by atoms with E-state index in [4.69, 9.17) is 0 Å². The molecule has 0 bridgehead atoms. The Morgan fingerprint density at radius 2 is 0.372 bits per heavy atom. The van der Waals surface area contributed by atoms with Crippen LogP contribution in [0, 0.1) is 41.4 Å².